The average molecular weight is 194 g/mol. The summed E-state index contributed by atoms with van der Waals surface area (Å²) in [5.41, 5.74) is 0. The van der Waals surface area contributed by atoms with Gasteiger partial charge in [0.2, 0.25) is 0 Å². The molecule has 0 radical (unpaired) electrons. The van der Waals surface area contributed by atoms with Gasteiger partial charge >= 0.3 is 0 Å². The quantitative estimate of drug-likeness (QED) is 0.613. The Morgan fingerprint density at radius 2 is 1.86 bits per heavy atom. The molecule has 0 heteroatoms. The van der Waals surface area contributed by atoms with Gasteiger partial charge in [-0.05, 0) is 61.2 Å². The van der Waals surface area contributed by atoms with Gasteiger partial charge in [-0.3, -0.25) is 0 Å². The molecule has 0 aliphatic heterocycles. The van der Waals surface area contributed by atoms with Crippen LogP contribution in [0.1, 0.15) is 53.4 Å². The van der Waals surface area contributed by atoms with E-state index in [-0.39, 0.29) is 0 Å². The van der Waals surface area contributed by atoms with Gasteiger partial charge in [0.25, 0.3) is 0 Å². The van der Waals surface area contributed by atoms with E-state index in [4.69, 9.17) is 0 Å². The maximum absolute atomic E-state index is 2.51. The van der Waals surface area contributed by atoms with Gasteiger partial charge in [0.1, 0.15) is 0 Å². The largest absolute Gasteiger partial charge is 0.0628 e. The normalized spacial score (nSPS) is 47.4. The summed E-state index contributed by atoms with van der Waals surface area (Å²) in [5.74, 6) is 6.17. The van der Waals surface area contributed by atoms with E-state index >= 15 is 0 Å². The summed E-state index contributed by atoms with van der Waals surface area (Å²) in [5, 5.41) is 0. The Labute approximate surface area is 89.5 Å². The lowest BCUT2D eigenvalue weighted by Gasteiger charge is -2.26. The molecule has 2 rings (SSSR count). The summed E-state index contributed by atoms with van der Waals surface area (Å²) in [6, 6.07) is 0. The zero-order valence-electron chi connectivity index (χ0n) is 10.3. The predicted octanol–water partition coefficient (Wildman–Crippen LogP) is 4.35. The Hall–Kier alpha value is 0. The van der Waals surface area contributed by atoms with Crippen LogP contribution in [0, 0.1) is 35.5 Å². The Morgan fingerprint density at radius 1 is 1.14 bits per heavy atom. The van der Waals surface area contributed by atoms with E-state index in [1.165, 1.54) is 25.7 Å². The van der Waals surface area contributed by atoms with Gasteiger partial charge in [0, 0.05) is 0 Å². The molecule has 14 heavy (non-hydrogen) atoms. The van der Waals surface area contributed by atoms with Gasteiger partial charge in [-0.2, -0.15) is 0 Å². The number of rotatable bonds is 2. The van der Waals surface area contributed by atoms with Crippen LogP contribution in [0.3, 0.4) is 0 Å². The molecule has 0 N–H and O–H groups in total. The van der Waals surface area contributed by atoms with E-state index in [2.05, 4.69) is 27.7 Å². The molecule has 0 bridgehead atoms. The Kier molecular flexibility index (Phi) is 2.91. The van der Waals surface area contributed by atoms with Crippen molar-refractivity contribution in [2.45, 2.75) is 53.4 Å². The fourth-order valence-corrected chi connectivity index (χ4v) is 4.28. The molecule has 0 spiro atoms. The fraction of sp³-hybridized carbons (Fsp3) is 1.00. The number of hydrogen-bond donors (Lipinski definition) is 0. The minimum absolute atomic E-state index is 0.904. The van der Waals surface area contributed by atoms with E-state index in [0.717, 1.165) is 35.5 Å². The molecule has 5 atom stereocenters. The van der Waals surface area contributed by atoms with Crippen molar-refractivity contribution in [3.63, 3.8) is 0 Å². The molecule has 0 amide bonds. The van der Waals surface area contributed by atoms with Gasteiger partial charge in [0.05, 0.1) is 0 Å². The van der Waals surface area contributed by atoms with E-state index in [1.54, 1.807) is 0 Å². The van der Waals surface area contributed by atoms with Crippen molar-refractivity contribution >= 4 is 0 Å². The maximum Gasteiger partial charge on any atom is -0.0329 e. The second-order valence-electron chi connectivity index (χ2n) is 6.38. The van der Waals surface area contributed by atoms with E-state index < -0.39 is 0 Å². The Balaban J connectivity index is 2.01. The van der Waals surface area contributed by atoms with Crippen molar-refractivity contribution in [3.8, 4) is 0 Å². The Morgan fingerprint density at radius 3 is 2.50 bits per heavy atom. The molecule has 2 saturated carbocycles. The van der Waals surface area contributed by atoms with E-state index in [0.29, 0.717) is 0 Å². The van der Waals surface area contributed by atoms with Crippen molar-refractivity contribution in [2.75, 3.05) is 0 Å². The van der Waals surface area contributed by atoms with Gasteiger partial charge in [-0.25, -0.2) is 0 Å². The summed E-state index contributed by atoms with van der Waals surface area (Å²) in [6.07, 6.45) is 6.08. The van der Waals surface area contributed by atoms with Crippen molar-refractivity contribution in [1.29, 1.82) is 0 Å². The smallest absolute Gasteiger partial charge is 0.0329 e. The molecule has 0 saturated heterocycles. The fourth-order valence-electron chi connectivity index (χ4n) is 4.28. The molecular formula is C14H26. The van der Waals surface area contributed by atoms with Crippen LogP contribution in [0.25, 0.3) is 0 Å². The van der Waals surface area contributed by atoms with E-state index in [1.807, 2.05) is 0 Å². The molecule has 2 aliphatic rings. The lowest BCUT2D eigenvalue weighted by Crippen LogP contribution is -2.19. The Bertz CT molecular complexity index is 192. The third-order valence-corrected chi connectivity index (χ3v) is 4.95. The summed E-state index contributed by atoms with van der Waals surface area (Å²) >= 11 is 0. The molecule has 82 valence electrons. The molecule has 2 aliphatic carbocycles. The third kappa shape index (κ3) is 1.73. The van der Waals surface area contributed by atoms with Crippen molar-refractivity contribution in [2.24, 2.45) is 35.5 Å². The SMILES string of the molecule is CC(C)CC1CCC2CC(C)C(C)C12. The molecule has 0 aromatic heterocycles. The average Bonchev–Trinajstić information content (AvgIpc) is 2.57. The van der Waals surface area contributed by atoms with Crippen LogP contribution >= 0.6 is 0 Å². The molecular weight excluding hydrogens is 168 g/mol. The molecule has 0 aromatic rings. The zero-order chi connectivity index (χ0) is 10.3. The second-order valence-corrected chi connectivity index (χ2v) is 6.38. The molecule has 0 heterocycles. The van der Waals surface area contributed by atoms with Crippen LogP contribution in [0.2, 0.25) is 0 Å². The third-order valence-electron chi connectivity index (χ3n) is 4.95. The highest BCUT2D eigenvalue weighted by Crippen LogP contribution is 2.54. The lowest BCUT2D eigenvalue weighted by molar-refractivity contribution is 0.232. The van der Waals surface area contributed by atoms with Crippen LogP contribution in [-0.4, -0.2) is 0 Å². The first-order valence-corrected chi connectivity index (χ1v) is 6.59. The van der Waals surface area contributed by atoms with Gasteiger partial charge in [0.15, 0.2) is 0 Å². The van der Waals surface area contributed by atoms with Gasteiger partial charge < -0.3 is 0 Å². The van der Waals surface area contributed by atoms with Crippen LogP contribution in [0.15, 0.2) is 0 Å². The highest BCUT2D eigenvalue weighted by molar-refractivity contribution is 4.95. The standard InChI is InChI=1S/C14H26/c1-9(2)7-12-5-6-13-8-10(3)11(4)14(12)13/h9-14H,5-8H2,1-4H3. The number of fused-ring (bicyclic) bond motifs is 1. The highest BCUT2D eigenvalue weighted by atomic mass is 14.5. The topological polar surface area (TPSA) is 0 Å². The summed E-state index contributed by atoms with van der Waals surface area (Å²) in [7, 11) is 0. The lowest BCUT2D eigenvalue weighted by atomic mass is 9.80. The second kappa shape index (κ2) is 3.87. The number of hydrogen-bond acceptors (Lipinski definition) is 0. The monoisotopic (exact) mass is 194 g/mol. The van der Waals surface area contributed by atoms with Crippen LogP contribution in [0.5, 0.6) is 0 Å². The van der Waals surface area contributed by atoms with Gasteiger partial charge in [-0.15, -0.1) is 0 Å². The predicted molar refractivity (Wildman–Crippen MR) is 62.1 cm³/mol. The van der Waals surface area contributed by atoms with E-state index in [9.17, 15) is 0 Å². The van der Waals surface area contributed by atoms with Crippen LogP contribution < -0.4 is 0 Å². The van der Waals surface area contributed by atoms with Crippen molar-refractivity contribution in [1.82, 2.24) is 0 Å². The molecule has 2 fully saturated rings. The first-order chi connectivity index (χ1) is 6.59. The maximum atomic E-state index is 2.51. The van der Waals surface area contributed by atoms with Crippen molar-refractivity contribution < 1.29 is 0 Å². The first kappa shape index (κ1) is 10.5. The van der Waals surface area contributed by atoms with Crippen LogP contribution in [-0.2, 0) is 0 Å². The minimum Gasteiger partial charge on any atom is -0.0628 e. The first-order valence-electron chi connectivity index (χ1n) is 6.59. The molecule has 5 unspecified atom stereocenters. The summed E-state index contributed by atoms with van der Waals surface area (Å²) in [4.78, 5) is 0. The van der Waals surface area contributed by atoms with Gasteiger partial charge in [-0.1, -0.05) is 27.7 Å². The molecule has 0 nitrogen and oxygen atoms in total. The minimum atomic E-state index is 0.904. The van der Waals surface area contributed by atoms with Crippen molar-refractivity contribution in [3.05, 3.63) is 0 Å². The zero-order valence-corrected chi connectivity index (χ0v) is 10.3. The highest BCUT2D eigenvalue weighted by Gasteiger charge is 2.46. The van der Waals surface area contributed by atoms with Crippen LogP contribution in [0.4, 0.5) is 0 Å². The molecule has 0 aromatic carbocycles. The summed E-state index contributed by atoms with van der Waals surface area (Å²) in [6.45, 7) is 9.75. The summed E-state index contributed by atoms with van der Waals surface area (Å²) < 4.78 is 0.